The molecule has 0 radical (unpaired) electrons. The van der Waals surface area contributed by atoms with Gasteiger partial charge in [0.25, 0.3) is 16.0 Å². The minimum absolute atomic E-state index is 0. The Bertz CT molecular complexity index is 1730. The van der Waals surface area contributed by atoms with Gasteiger partial charge in [-0.1, -0.05) is 66.2 Å². The van der Waals surface area contributed by atoms with Crippen molar-refractivity contribution in [3.8, 4) is 11.5 Å². The van der Waals surface area contributed by atoms with E-state index in [1.807, 2.05) is 0 Å². The minimum atomic E-state index is -4.60. The molecule has 0 bridgehead atoms. The first-order chi connectivity index (χ1) is 18.5. The average molecular weight is 610 g/mol. The van der Waals surface area contributed by atoms with E-state index in [4.69, 9.17) is 27.9 Å². The van der Waals surface area contributed by atoms with Gasteiger partial charge in [0.2, 0.25) is 0 Å². The van der Waals surface area contributed by atoms with Crippen molar-refractivity contribution in [2.75, 3.05) is 11.9 Å². The van der Waals surface area contributed by atoms with Crippen LogP contribution in [0.3, 0.4) is 0 Å². The number of hydrogen-bond acceptors (Lipinski definition) is 7. The number of rotatable bonds is 8. The normalized spacial score (nSPS) is 11.4. The molecule has 4 aromatic carbocycles. The van der Waals surface area contributed by atoms with Crippen molar-refractivity contribution in [2.24, 2.45) is 10.2 Å². The number of benzene rings is 4. The second-order valence-electron chi connectivity index (χ2n) is 8.25. The van der Waals surface area contributed by atoms with E-state index in [1.54, 1.807) is 56.3 Å². The Morgan fingerprint density at radius 3 is 2.45 bits per heavy atom. The van der Waals surface area contributed by atoms with Gasteiger partial charge in [-0.25, -0.2) is 0 Å². The molecule has 9 nitrogen and oxygen atoms in total. The van der Waals surface area contributed by atoms with Crippen molar-refractivity contribution in [3.05, 3.63) is 81.8 Å². The topological polar surface area (TPSA) is 140 Å². The standard InChI is InChI=1S/C27H23Cl2N3O6S.Na/c1-3-17-21(13-16(28)14-23(17)39(35,36)37)31-32-24-18-9-6-5-8-15(18)12-19(26(24)33)27(34)30-25-20(29)10-7-11-22(25)38-4-2;/h5-14,33H,3-4H2,1-2H3,(H,30,34)(H,35,36,37);/q;+1/p-1. The van der Waals surface area contributed by atoms with Crippen LogP contribution in [0.4, 0.5) is 17.1 Å². The molecule has 1 amide bonds. The summed E-state index contributed by atoms with van der Waals surface area (Å²) in [7, 11) is -4.60. The first kappa shape index (κ1) is 31.8. The number of hydrogen-bond donors (Lipinski definition) is 2. The molecule has 202 valence electrons. The summed E-state index contributed by atoms with van der Waals surface area (Å²) in [6, 6.07) is 15.6. The second-order valence-corrected chi connectivity index (χ2v) is 10.5. The second kappa shape index (κ2) is 13.3. The molecule has 0 saturated heterocycles. The molecule has 0 spiro atoms. The van der Waals surface area contributed by atoms with E-state index in [0.29, 0.717) is 23.1 Å². The van der Waals surface area contributed by atoms with Gasteiger partial charge in [-0.05, 0) is 49.1 Å². The van der Waals surface area contributed by atoms with Crippen molar-refractivity contribution in [3.63, 3.8) is 0 Å². The molecule has 0 aliphatic carbocycles. The third kappa shape index (κ3) is 6.77. The van der Waals surface area contributed by atoms with Gasteiger partial charge >= 0.3 is 29.6 Å². The maximum absolute atomic E-state index is 13.5. The van der Waals surface area contributed by atoms with E-state index in [2.05, 4.69) is 15.5 Å². The molecule has 0 fully saturated rings. The maximum Gasteiger partial charge on any atom is 1.00 e. The number of azo groups is 1. The van der Waals surface area contributed by atoms with Crippen LogP contribution in [-0.2, 0) is 16.5 Å². The van der Waals surface area contributed by atoms with Gasteiger partial charge in [-0.2, -0.15) is 18.6 Å². The number of nitrogens with one attached hydrogen (secondary N) is 1. The largest absolute Gasteiger partial charge is 1.00 e. The number of carbonyl (C=O) groups excluding carboxylic acids is 1. The summed E-state index contributed by atoms with van der Waals surface area (Å²) in [4.78, 5) is 12.9. The Labute approximate surface area is 263 Å². The van der Waals surface area contributed by atoms with E-state index in [-0.39, 0.29) is 74.2 Å². The first-order valence-corrected chi connectivity index (χ1v) is 13.9. The third-order valence-corrected chi connectivity index (χ3v) is 7.23. The van der Waals surface area contributed by atoms with Gasteiger partial charge in [0, 0.05) is 21.5 Å². The number of anilines is 1. The van der Waals surface area contributed by atoms with Crippen LogP contribution in [-0.4, -0.2) is 25.5 Å². The molecular weight excluding hydrogens is 588 g/mol. The summed E-state index contributed by atoms with van der Waals surface area (Å²) < 4.78 is 39.0. The Balaban J connectivity index is 0.00000441. The predicted octanol–water partition coefficient (Wildman–Crippen LogP) is 4.10. The first-order valence-electron chi connectivity index (χ1n) is 11.7. The number of halogens is 2. The third-order valence-electron chi connectivity index (χ3n) is 5.77. The molecule has 0 saturated carbocycles. The number of ether oxygens (including phenoxy) is 1. The number of fused-ring (bicyclic) bond motifs is 1. The van der Waals surface area contributed by atoms with E-state index in [0.717, 1.165) is 6.07 Å². The molecule has 4 aromatic rings. The van der Waals surface area contributed by atoms with E-state index >= 15 is 0 Å². The summed E-state index contributed by atoms with van der Waals surface area (Å²) >= 11 is 12.4. The molecule has 0 heterocycles. The number of para-hydroxylation sites is 1. The van der Waals surface area contributed by atoms with Crippen molar-refractivity contribution in [1.29, 1.82) is 0 Å². The van der Waals surface area contributed by atoms with Crippen molar-refractivity contribution in [2.45, 2.75) is 25.2 Å². The van der Waals surface area contributed by atoms with Crippen LogP contribution >= 0.6 is 23.2 Å². The number of amides is 1. The fraction of sp³-hybridized carbons (Fsp3) is 0.148. The van der Waals surface area contributed by atoms with Crippen LogP contribution in [0, 0.1) is 0 Å². The molecular formula is C27H22Cl2N3NaO6S. The predicted molar refractivity (Wildman–Crippen MR) is 149 cm³/mol. The Morgan fingerprint density at radius 1 is 1.05 bits per heavy atom. The smallest absolute Gasteiger partial charge is 0.870 e. The minimum Gasteiger partial charge on any atom is -0.870 e. The molecule has 0 aliphatic heterocycles. The molecule has 0 aliphatic rings. The fourth-order valence-electron chi connectivity index (χ4n) is 4.04. The quantitative estimate of drug-likeness (QED) is 0.175. The van der Waals surface area contributed by atoms with Crippen molar-refractivity contribution in [1.82, 2.24) is 0 Å². The van der Waals surface area contributed by atoms with Gasteiger partial charge in [-0.3, -0.25) is 9.35 Å². The van der Waals surface area contributed by atoms with Crippen LogP contribution in [0.5, 0.6) is 11.5 Å². The summed E-state index contributed by atoms with van der Waals surface area (Å²) in [5.74, 6) is -1.11. The Hall–Kier alpha value is -2.70. The summed E-state index contributed by atoms with van der Waals surface area (Å²) in [6.45, 7) is 3.78. The van der Waals surface area contributed by atoms with Gasteiger partial charge in [0.05, 0.1) is 23.0 Å². The number of carbonyl (C=O) groups is 1. The van der Waals surface area contributed by atoms with Crippen molar-refractivity contribution < 1.29 is 57.2 Å². The monoisotopic (exact) mass is 609 g/mol. The molecule has 13 heteroatoms. The summed E-state index contributed by atoms with van der Waals surface area (Å²) in [6.07, 6.45) is 0.175. The molecule has 40 heavy (non-hydrogen) atoms. The van der Waals surface area contributed by atoms with E-state index in [1.165, 1.54) is 12.1 Å². The maximum atomic E-state index is 13.5. The Kier molecular flexibility index (Phi) is 10.6. The van der Waals surface area contributed by atoms with Crippen LogP contribution in [0.15, 0.2) is 75.8 Å². The zero-order chi connectivity index (χ0) is 28.3. The average Bonchev–Trinajstić information content (AvgIpc) is 2.89. The summed E-state index contributed by atoms with van der Waals surface area (Å²) in [5, 5.41) is 25.6. The SMILES string of the molecule is CCOc1cccc(Cl)c1NC(=O)c1cc2ccccc2c(N=Nc2cc(Cl)cc(S(=O)(=O)O)c2CC)c1[O-].[Na+]. The van der Waals surface area contributed by atoms with E-state index < -0.39 is 26.7 Å². The number of nitrogens with zero attached hydrogens (tertiary/aromatic N) is 2. The molecule has 2 N–H and O–H groups in total. The Morgan fingerprint density at radius 2 is 1.77 bits per heavy atom. The van der Waals surface area contributed by atoms with Crippen molar-refractivity contribution >= 4 is 67.1 Å². The van der Waals surface area contributed by atoms with Gasteiger partial charge in [0.15, 0.2) is 0 Å². The van der Waals surface area contributed by atoms with Crippen LogP contribution in [0.25, 0.3) is 10.8 Å². The zero-order valence-electron chi connectivity index (χ0n) is 21.7. The molecule has 0 unspecified atom stereocenters. The summed E-state index contributed by atoms with van der Waals surface area (Å²) in [5.41, 5.74) is 0.0706. The van der Waals surface area contributed by atoms with Crippen LogP contribution in [0.1, 0.15) is 29.8 Å². The van der Waals surface area contributed by atoms with Crippen LogP contribution in [0.2, 0.25) is 10.0 Å². The van der Waals surface area contributed by atoms with Gasteiger partial charge in [0.1, 0.15) is 16.3 Å². The van der Waals surface area contributed by atoms with E-state index in [9.17, 15) is 22.9 Å². The fourth-order valence-corrected chi connectivity index (χ4v) is 5.36. The van der Waals surface area contributed by atoms with Crippen LogP contribution < -0.4 is 44.7 Å². The molecule has 4 rings (SSSR count). The zero-order valence-corrected chi connectivity index (χ0v) is 26.1. The molecule has 0 atom stereocenters. The van der Waals surface area contributed by atoms with Gasteiger partial charge in [-0.15, -0.1) is 0 Å². The molecule has 0 aromatic heterocycles. The van der Waals surface area contributed by atoms with Gasteiger partial charge < -0.3 is 15.2 Å².